The first-order chi connectivity index (χ1) is 18.0. The Morgan fingerprint density at radius 1 is 0.769 bits per heavy atom. The lowest BCUT2D eigenvalue weighted by molar-refractivity contribution is -0.140. The Labute approximate surface area is 235 Å². The van der Waals surface area contributed by atoms with Gasteiger partial charge in [-0.3, -0.25) is 19.2 Å². The Morgan fingerprint density at radius 3 is 1.51 bits per heavy atom. The lowest BCUT2D eigenvalue weighted by Crippen LogP contribution is -2.36. The van der Waals surface area contributed by atoms with E-state index in [1.54, 1.807) is 11.8 Å². The number of benzene rings is 1. The van der Waals surface area contributed by atoms with Crippen molar-refractivity contribution in [1.29, 1.82) is 0 Å². The largest absolute Gasteiger partial charge is 0.480 e. The SMILES string of the molecule is CC(C)CC(N)C(=O)O.CCC(C)C(N)C(=O)O.CSCCC(N)C(=O)O.NC(Cc1ccccc1)C(=O)O. The highest BCUT2D eigenvalue weighted by atomic mass is 32.2. The summed E-state index contributed by atoms with van der Waals surface area (Å²) in [7, 11) is 0. The van der Waals surface area contributed by atoms with E-state index in [0.717, 1.165) is 17.7 Å². The molecule has 5 atom stereocenters. The van der Waals surface area contributed by atoms with E-state index in [2.05, 4.69) is 0 Å². The van der Waals surface area contributed by atoms with Gasteiger partial charge in [0.05, 0.1) is 0 Å². The quantitative estimate of drug-likeness (QED) is 0.166. The van der Waals surface area contributed by atoms with Crippen LogP contribution >= 0.6 is 11.8 Å². The molecule has 0 heterocycles. The van der Waals surface area contributed by atoms with Gasteiger partial charge in [-0.05, 0) is 48.7 Å². The second-order valence-electron chi connectivity index (χ2n) is 9.18. The number of carboxylic acid groups (broad SMARTS) is 4. The Kier molecular flexibility index (Phi) is 25.5. The van der Waals surface area contributed by atoms with E-state index >= 15 is 0 Å². The molecule has 1 aromatic rings. The van der Waals surface area contributed by atoms with Crippen LogP contribution in [-0.4, -0.2) is 80.5 Å². The monoisotopic (exact) mass is 576 g/mol. The molecule has 0 aromatic heterocycles. The van der Waals surface area contributed by atoms with E-state index in [-0.39, 0.29) is 5.92 Å². The molecule has 226 valence electrons. The molecule has 5 unspecified atom stereocenters. The Bertz CT molecular complexity index is 814. The van der Waals surface area contributed by atoms with Gasteiger partial charge in [-0.1, -0.05) is 64.4 Å². The summed E-state index contributed by atoms with van der Waals surface area (Å²) in [5.74, 6) is -2.46. The van der Waals surface area contributed by atoms with E-state index in [9.17, 15) is 19.2 Å². The fourth-order valence-corrected chi connectivity index (χ4v) is 2.92. The van der Waals surface area contributed by atoms with Gasteiger partial charge in [0.15, 0.2) is 0 Å². The van der Waals surface area contributed by atoms with Crippen molar-refractivity contribution >= 4 is 35.6 Å². The van der Waals surface area contributed by atoms with Crippen LogP contribution in [0.25, 0.3) is 0 Å². The molecule has 0 aliphatic rings. The van der Waals surface area contributed by atoms with Crippen LogP contribution in [-0.2, 0) is 25.6 Å². The average molecular weight is 577 g/mol. The van der Waals surface area contributed by atoms with E-state index in [0.29, 0.717) is 25.2 Å². The highest BCUT2D eigenvalue weighted by Crippen LogP contribution is 2.04. The van der Waals surface area contributed by atoms with Crippen LogP contribution in [0.3, 0.4) is 0 Å². The topological polar surface area (TPSA) is 253 Å². The van der Waals surface area contributed by atoms with Gasteiger partial charge in [0.25, 0.3) is 0 Å². The number of hydrogen-bond acceptors (Lipinski definition) is 9. The van der Waals surface area contributed by atoms with Gasteiger partial charge in [-0.25, -0.2) is 0 Å². The molecule has 13 heteroatoms. The minimum absolute atomic E-state index is 0.0718. The predicted molar refractivity (Wildman–Crippen MR) is 154 cm³/mol. The van der Waals surface area contributed by atoms with Crippen molar-refractivity contribution in [2.24, 2.45) is 34.8 Å². The zero-order chi connectivity index (χ0) is 31.1. The molecule has 0 fully saturated rings. The van der Waals surface area contributed by atoms with Gasteiger partial charge >= 0.3 is 23.9 Å². The summed E-state index contributed by atoms with van der Waals surface area (Å²) in [6.07, 6.45) is 4.23. The molecule has 12 nitrogen and oxygen atoms in total. The number of hydrogen-bond donors (Lipinski definition) is 8. The third-order valence-corrected chi connectivity index (χ3v) is 5.79. The fraction of sp³-hybridized carbons (Fsp3) is 0.615. The third kappa shape index (κ3) is 25.3. The van der Waals surface area contributed by atoms with Crippen molar-refractivity contribution in [2.75, 3.05) is 12.0 Å². The van der Waals surface area contributed by atoms with Gasteiger partial charge < -0.3 is 43.4 Å². The zero-order valence-corrected chi connectivity index (χ0v) is 24.3. The third-order valence-electron chi connectivity index (χ3n) is 5.15. The van der Waals surface area contributed by atoms with E-state index in [4.69, 9.17) is 43.4 Å². The Morgan fingerprint density at radius 2 is 1.23 bits per heavy atom. The first-order valence-electron chi connectivity index (χ1n) is 12.5. The number of aliphatic carboxylic acids is 4. The van der Waals surface area contributed by atoms with Crippen molar-refractivity contribution in [3.63, 3.8) is 0 Å². The molecule has 0 radical (unpaired) electrons. The standard InChI is InChI=1S/C9H11NO2.2C6H13NO2.C5H11NO2S/c10-8(9(11)12)6-7-4-2-1-3-5-7;1-4(2)3-5(7)6(8)9;1-3-4(2)5(7)6(8)9;1-9-3-2-4(6)5(7)8/h1-5,8H,6,10H2,(H,11,12);2*4-5H,3,7H2,1-2H3,(H,8,9);4H,2-3,6H2,1H3,(H,7,8). The smallest absolute Gasteiger partial charge is 0.320 e. The summed E-state index contributed by atoms with van der Waals surface area (Å²) in [4.78, 5) is 40.7. The summed E-state index contributed by atoms with van der Waals surface area (Å²) >= 11 is 1.60. The van der Waals surface area contributed by atoms with Gasteiger partial charge in [-0.15, -0.1) is 0 Å². The minimum Gasteiger partial charge on any atom is -0.480 e. The van der Waals surface area contributed by atoms with E-state index < -0.39 is 48.0 Å². The number of carboxylic acids is 4. The van der Waals surface area contributed by atoms with Crippen LogP contribution in [0.4, 0.5) is 0 Å². The van der Waals surface area contributed by atoms with E-state index in [1.165, 1.54) is 0 Å². The van der Waals surface area contributed by atoms with Crippen molar-refractivity contribution in [3.05, 3.63) is 35.9 Å². The molecule has 1 rings (SSSR count). The number of carbonyl (C=O) groups is 4. The summed E-state index contributed by atoms with van der Waals surface area (Å²) in [6.45, 7) is 7.65. The van der Waals surface area contributed by atoms with Gasteiger partial charge in [-0.2, -0.15) is 11.8 Å². The van der Waals surface area contributed by atoms with Crippen molar-refractivity contribution in [1.82, 2.24) is 0 Å². The van der Waals surface area contributed by atoms with Crippen molar-refractivity contribution < 1.29 is 39.6 Å². The molecule has 0 saturated carbocycles. The summed E-state index contributed by atoms with van der Waals surface area (Å²) in [6, 6.07) is 6.47. The van der Waals surface area contributed by atoms with E-state index in [1.807, 2.05) is 64.3 Å². The normalized spacial score (nSPS) is 13.9. The lowest BCUT2D eigenvalue weighted by atomic mass is 10.0. The molecule has 39 heavy (non-hydrogen) atoms. The highest BCUT2D eigenvalue weighted by Gasteiger charge is 2.17. The maximum atomic E-state index is 10.4. The van der Waals surface area contributed by atoms with Gasteiger partial charge in [0.2, 0.25) is 0 Å². The fourth-order valence-electron chi connectivity index (χ4n) is 2.43. The number of nitrogens with two attached hydrogens (primary N) is 4. The first-order valence-corrected chi connectivity index (χ1v) is 13.9. The molecule has 12 N–H and O–H groups in total. The van der Waals surface area contributed by atoms with Crippen LogP contribution in [0.1, 0.15) is 52.5 Å². The lowest BCUT2D eigenvalue weighted by Gasteiger charge is -2.11. The average Bonchev–Trinajstić information content (AvgIpc) is 2.87. The number of thioether (sulfide) groups is 1. The van der Waals surface area contributed by atoms with Crippen LogP contribution in [0, 0.1) is 11.8 Å². The Hall–Kier alpha value is -2.71. The molecule has 0 bridgehead atoms. The zero-order valence-electron chi connectivity index (χ0n) is 23.5. The molecular weight excluding hydrogens is 528 g/mol. The van der Waals surface area contributed by atoms with Gasteiger partial charge in [0.1, 0.15) is 24.2 Å². The molecular formula is C26H48N4O8S. The molecule has 0 spiro atoms. The Balaban J connectivity index is -0.000000448. The molecule has 0 aliphatic heterocycles. The van der Waals surface area contributed by atoms with Crippen LogP contribution in [0.2, 0.25) is 0 Å². The van der Waals surface area contributed by atoms with Crippen LogP contribution < -0.4 is 22.9 Å². The summed E-state index contributed by atoms with van der Waals surface area (Å²) in [5.41, 5.74) is 22.0. The molecule has 1 aromatic carbocycles. The van der Waals surface area contributed by atoms with Crippen molar-refractivity contribution in [2.45, 2.75) is 77.5 Å². The molecule has 0 amide bonds. The maximum Gasteiger partial charge on any atom is 0.320 e. The predicted octanol–water partition coefficient (Wildman–Crippen LogP) is 1.68. The second kappa shape index (κ2) is 24.3. The molecule has 0 aliphatic carbocycles. The van der Waals surface area contributed by atoms with Crippen LogP contribution in [0.5, 0.6) is 0 Å². The summed E-state index contributed by atoms with van der Waals surface area (Å²) in [5, 5.41) is 33.5. The highest BCUT2D eigenvalue weighted by molar-refractivity contribution is 7.98. The molecule has 0 saturated heterocycles. The van der Waals surface area contributed by atoms with Gasteiger partial charge in [0, 0.05) is 0 Å². The van der Waals surface area contributed by atoms with Crippen molar-refractivity contribution in [3.8, 4) is 0 Å². The first kappa shape index (κ1) is 40.8. The number of rotatable bonds is 13. The maximum absolute atomic E-state index is 10.4. The second-order valence-corrected chi connectivity index (χ2v) is 10.2. The van der Waals surface area contributed by atoms with Crippen LogP contribution in [0.15, 0.2) is 30.3 Å². The summed E-state index contributed by atoms with van der Waals surface area (Å²) < 4.78 is 0. The minimum atomic E-state index is -0.959.